The van der Waals surface area contributed by atoms with Gasteiger partial charge in [-0.3, -0.25) is 4.79 Å². The van der Waals surface area contributed by atoms with Gasteiger partial charge in [0.1, 0.15) is 18.9 Å². The third-order valence-corrected chi connectivity index (χ3v) is 6.49. The first-order chi connectivity index (χ1) is 14.0. The second-order valence-corrected chi connectivity index (χ2v) is 9.62. The van der Waals surface area contributed by atoms with Crippen LogP contribution in [0.4, 0.5) is 5.69 Å². The highest BCUT2D eigenvalue weighted by Crippen LogP contribution is 2.25. The number of nitrogens with zero attached hydrogens (tertiary/aromatic N) is 2. The largest absolute Gasteiger partial charge is 0.491 e. The summed E-state index contributed by atoms with van der Waals surface area (Å²) in [6.07, 6.45) is 0. The zero-order valence-corrected chi connectivity index (χ0v) is 19.3. The molecule has 0 atom stereocenters. The molecule has 0 heterocycles. The van der Waals surface area contributed by atoms with Crippen molar-refractivity contribution in [1.29, 1.82) is 0 Å². The molecule has 8 heteroatoms. The van der Waals surface area contributed by atoms with Crippen molar-refractivity contribution >= 4 is 21.8 Å². The molecule has 2 rings (SSSR count). The Balaban J connectivity index is 2.06. The molecule has 0 aromatic heterocycles. The van der Waals surface area contributed by atoms with Crippen LogP contribution in [0.15, 0.2) is 36.4 Å². The molecule has 0 aliphatic carbocycles. The quantitative estimate of drug-likeness (QED) is 0.617. The van der Waals surface area contributed by atoms with Gasteiger partial charge in [0, 0.05) is 14.1 Å². The Labute approximate surface area is 179 Å². The SMILES string of the molecule is Cc1ccc(C)c(OCCNC(=O)CN(c2cc(C)ccc2C)S(=O)(=O)N(C)C)c1. The van der Waals surface area contributed by atoms with Crippen LogP contribution in [0.25, 0.3) is 0 Å². The average Bonchev–Trinajstić information content (AvgIpc) is 2.67. The number of aryl methyl sites for hydroxylation is 4. The van der Waals surface area contributed by atoms with Crippen molar-refractivity contribution in [2.45, 2.75) is 27.7 Å². The molecule has 0 bridgehead atoms. The summed E-state index contributed by atoms with van der Waals surface area (Å²) < 4.78 is 33.7. The van der Waals surface area contributed by atoms with Crippen LogP contribution >= 0.6 is 0 Å². The van der Waals surface area contributed by atoms with Gasteiger partial charge in [-0.15, -0.1) is 0 Å². The van der Waals surface area contributed by atoms with Gasteiger partial charge in [-0.25, -0.2) is 4.31 Å². The maximum atomic E-state index is 12.9. The first-order valence-corrected chi connectivity index (χ1v) is 11.2. The second-order valence-electron chi connectivity index (χ2n) is 7.55. The lowest BCUT2D eigenvalue weighted by atomic mass is 10.1. The highest BCUT2D eigenvalue weighted by atomic mass is 32.2. The summed E-state index contributed by atoms with van der Waals surface area (Å²) in [6.45, 7) is 7.91. The van der Waals surface area contributed by atoms with E-state index >= 15 is 0 Å². The summed E-state index contributed by atoms with van der Waals surface area (Å²) in [5.41, 5.74) is 4.29. The molecule has 2 aromatic rings. The van der Waals surface area contributed by atoms with Crippen molar-refractivity contribution in [2.24, 2.45) is 0 Å². The van der Waals surface area contributed by atoms with E-state index in [-0.39, 0.29) is 13.1 Å². The standard InChI is InChI=1S/C22H31N3O4S/c1-16-7-9-18(3)20(13-16)25(30(27,28)24(5)6)15-22(26)23-11-12-29-21-14-17(2)8-10-19(21)4/h7-10,13-14H,11-12,15H2,1-6H3,(H,23,26). The number of anilines is 1. The summed E-state index contributed by atoms with van der Waals surface area (Å²) in [6, 6.07) is 11.5. The Bertz CT molecular complexity index is 1000. The molecule has 0 unspecified atom stereocenters. The smallest absolute Gasteiger partial charge is 0.304 e. The maximum absolute atomic E-state index is 12.9. The number of ether oxygens (including phenoxy) is 1. The first-order valence-electron chi connectivity index (χ1n) is 9.76. The number of rotatable bonds is 9. The molecule has 7 nitrogen and oxygen atoms in total. The minimum Gasteiger partial charge on any atom is -0.491 e. The highest BCUT2D eigenvalue weighted by Gasteiger charge is 2.28. The minimum absolute atomic E-state index is 0.273. The topological polar surface area (TPSA) is 79.0 Å². The average molecular weight is 434 g/mol. The molecule has 0 fully saturated rings. The van der Waals surface area contributed by atoms with Gasteiger partial charge in [-0.2, -0.15) is 12.7 Å². The van der Waals surface area contributed by atoms with Crippen LogP contribution in [0.2, 0.25) is 0 Å². The van der Waals surface area contributed by atoms with Crippen LogP contribution in [-0.2, 0) is 15.0 Å². The molecule has 0 saturated carbocycles. The van der Waals surface area contributed by atoms with E-state index in [4.69, 9.17) is 4.74 Å². The number of carbonyl (C=O) groups excluding carboxylic acids is 1. The third-order valence-electron chi connectivity index (χ3n) is 4.69. The van der Waals surface area contributed by atoms with E-state index in [0.717, 1.165) is 36.6 Å². The lowest BCUT2D eigenvalue weighted by Crippen LogP contribution is -2.46. The van der Waals surface area contributed by atoms with Crippen LogP contribution in [0.3, 0.4) is 0 Å². The minimum atomic E-state index is -3.84. The van der Waals surface area contributed by atoms with E-state index in [0.29, 0.717) is 12.3 Å². The summed E-state index contributed by atoms with van der Waals surface area (Å²) in [5.74, 6) is 0.377. The molecule has 2 aromatic carbocycles. The Morgan fingerprint density at radius 1 is 0.967 bits per heavy atom. The van der Waals surface area contributed by atoms with Crippen LogP contribution in [0.1, 0.15) is 22.3 Å². The fourth-order valence-electron chi connectivity index (χ4n) is 2.88. The first kappa shape index (κ1) is 23.7. The number of amides is 1. The summed E-state index contributed by atoms with van der Waals surface area (Å²) in [5, 5.41) is 2.74. The maximum Gasteiger partial charge on any atom is 0.304 e. The van der Waals surface area contributed by atoms with Crippen molar-refractivity contribution in [1.82, 2.24) is 9.62 Å². The van der Waals surface area contributed by atoms with Gasteiger partial charge in [0.05, 0.1) is 12.2 Å². The zero-order chi connectivity index (χ0) is 22.5. The van der Waals surface area contributed by atoms with E-state index in [1.54, 1.807) is 6.07 Å². The summed E-state index contributed by atoms with van der Waals surface area (Å²) in [7, 11) is -0.940. The van der Waals surface area contributed by atoms with Crippen LogP contribution in [0.5, 0.6) is 5.75 Å². The predicted octanol–water partition coefficient (Wildman–Crippen LogP) is 2.73. The van der Waals surface area contributed by atoms with Crippen LogP contribution < -0.4 is 14.4 Å². The van der Waals surface area contributed by atoms with Gasteiger partial charge in [0.25, 0.3) is 0 Å². The van der Waals surface area contributed by atoms with E-state index < -0.39 is 16.1 Å². The number of hydrogen-bond acceptors (Lipinski definition) is 4. The van der Waals surface area contributed by atoms with Gasteiger partial charge in [-0.05, 0) is 62.1 Å². The van der Waals surface area contributed by atoms with Crippen molar-refractivity contribution in [3.63, 3.8) is 0 Å². The number of hydrogen-bond donors (Lipinski definition) is 1. The zero-order valence-electron chi connectivity index (χ0n) is 18.5. The molecule has 0 saturated heterocycles. The normalized spacial score (nSPS) is 11.4. The monoisotopic (exact) mass is 433 g/mol. The van der Waals surface area contributed by atoms with Crippen LogP contribution in [-0.4, -0.2) is 52.4 Å². The second kappa shape index (κ2) is 9.95. The predicted molar refractivity (Wildman–Crippen MR) is 120 cm³/mol. The Morgan fingerprint density at radius 2 is 1.57 bits per heavy atom. The lowest BCUT2D eigenvalue weighted by Gasteiger charge is -2.28. The molecule has 1 amide bonds. The number of nitrogens with one attached hydrogen (secondary N) is 1. The van der Waals surface area contributed by atoms with Gasteiger partial charge in [0.15, 0.2) is 0 Å². The molecule has 0 aliphatic heterocycles. The van der Waals surface area contributed by atoms with Crippen LogP contribution in [0, 0.1) is 27.7 Å². The van der Waals surface area contributed by atoms with E-state index in [2.05, 4.69) is 5.32 Å². The van der Waals surface area contributed by atoms with Gasteiger partial charge < -0.3 is 10.1 Å². The van der Waals surface area contributed by atoms with E-state index in [9.17, 15) is 13.2 Å². The molecule has 30 heavy (non-hydrogen) atoms. The molecule has 1 N–H and O–H groups in total. The van der Waals surface area contributed by atoms with E-state index in [1.165, 1.54) is 14.1 Å². The Morgan fingerprint density at radius 3 is 2.20 bits per heavy atom. The van der Waals surface area contributed by atoms with Gasteiger partial charge in [-0.1, -0.05) is 24.3 Å². The summed E-state index contributed by atoms with van der Waals surface area (Å²) in [4.78, 5) is 12.5. The van der Waals surface area contributed by atoms with Crippen molar-refractivity contribution in [3.8, 4) is 5.75 Å². The molecular formula is C22H31N3O4S. The number of benzene rings is 2. The molecule has 0 radical (unpaired) electrons. The van der Waals surface area contributed by atoms with Gasteiger partial charge >= 0.3 is 10.2 Å². The van der Waals surface area contributed by atoms with Crippen molar-refractivity contribution in [2.75, 3.05) is 38.1 Å². The molecule has 164 valence electrons. The summed E-state index contributed by atoms with van der Waals surface area (Å²) >= 11 is 0. The lowest BCUT2D eigenvalue weighted by molar-refractivity contribution is -0.119. The van der Waals surface area contributed by atoms with E-state index in [1.807, 2.05) is 58.0 Å². The van der Waals surface area contributed by atoms with Crippen molar-refractivity contribution < 1.29 is 17.9 Å². The fraction of sp³-hybridized carbons (Fsp3) is 0.409. The molecule has 0 spiro atoms. The Kier molecular flexibility index (Phi) is 7.86. The molecule has 0 aliphatic rings. The molecular weight excluding hydrogens is 402 g/mol. The highest BCUT2D eigenvalue weighted by molar-refractivity contribution is 7.90. The number of carbonyl (C=O) groups is 1. The third kappa shape index (κ3) is 5.96. The Hall–Kier alpha value is -2.58. The van der Waals surface area contributed by atoms with Gasteiger partial charge in [0.2, 0.25) is 5.91 Å². The fourth-order valence-corrected chi connectivity index (χ4v) is 4.00. The van der Waals surface area contributed by atoms with Crippen molar-refractivity contribution in [3.05, 3.63) is 58.7 Å².